The molecule has 1 aliphatic heterocycles. The highest BCUT2D eigenvalue weighted by Gasteiger charge is 2.63. The standard InChI is InChI=1S/C23H24O8/c1-22-6-11(7-29-10-24)17-16(13(22)4-5-14(22)25)19(26)20-18-12(8-30-20)21(27)31-15(9-28-3)23(17,18)2/h8,10-11,13,15H,4-7,9H2,1-3H3/t11-,13?,15?,22-,23+/m0/s1. The van der Waals surface area contributed by atoms with Gasteiger partial charge in [0.2, 0.25) is 5.78 Å². The van der Waals surface area contributed by atoms with E-state index < -0.39 is 22.9 Å². The smallest absolute Gasteiger partial charge is 0.342 e. The highest BCUT2D eigenvalue weighted by Crippen LogP contribution is 2.62. The molecule has 2 unspecified atom stereocenters. The monoisotopic (exact) mass is 428 g/mol. The second-order valence-electron chi connectivity index (χ2n) is 9.32. The summed E-state index contributed by atoms with van der Waals surface area (Å²) >= 11 is 0. The van der Waals surface area contributed by atoms with Crippen LogP contribution in [-0.2, 0) is 29.2 Å². The van der Waals surface area contributed by atoms with Crippen molar-refractivity contribution in [2.24, 2.45) is 17.3 Å². The van der Waals surface area contributed by atoms with Gasteiger partial charge >= 0.3 is 5.97 Å². The van der Waals surface area contributed by atoms with Crippen LogP contribution >= 0.6 is 0 Å². The molecule has 1 aromatic heterocycles. The van der Waals surface area contributed by atoms with Crippen molar-refractivity contribution < 1.29 is 37.8 Å². The molecule has 5 atom stereocenters. The molecular weight excluding hydrogens is 404 g/mol. The summed E-state index contributed by atoms with van der Waals surface area (Å²) in [5.41, 5.74) is 0.468. The molecule has 0 saturated heterocycles. The molecule has 1 aromatic rings. The van der Waals surface area contributed by atoms with E-state index >= 15 is 0 Å². The van der Waals surface area contributed by atoms with E-state index in [1.807, 2.05) is 13.8 Å². The Morgan fingerprint density at radius 3 is 2.71 bits per heavy atom. The number of hydrogen-bond donors (Lipinski definition) is 0. The van der Waals surface area contributed by atoms with Gasteiger partial charge in [-0.3, -0.25) is 14.4 Å². The number of carbonyl (C=O) groups excluding carboxylic acids is 4. The Morgan fingerprint density at radius 2 is 2.00 bits per heavy atom. The van der Waals surface area contributed by atoms with E-state index in [0.717, 1.165) is 5.57 Å². The summed E-state index contributed by atoms with van der Waals surface area (Å²) in [6.45, 7) is 4.36. The largest absolute Gasteiger partial charge is 0.467 e. The average Bonchev–Trinajstić information content (AvgIpc) is 3.31. The molecule has 31 heavy (non-hydrogen) atoms. The van der Waals surface area contributed by atoms with Gasteiger partial charge in [-0.1, -0.05) is 6.92 Å². The van der Waals surface area contributed by atoms with Crippen molar-refractivity contribution in [2.75, 3.05) is 20.3 Å². The fraction of sp³-hybridized carbons (Fsp3) is 0.565. The lowest BCUT2D eigenvalue weighted by Crippen LogP contribution is -2.56. The summed E-state index contributed by atoms with van der Waals surface area (Å²) in [6.07, 6.45) is 2.03. The van der Waals surface area contributed by atoms with E-state index in [-0.39, 0.29) is 47.9 Å². The van der Waals surface area contributed by atoms with Gasteiger partial charge in [-0.05, 0) is 25.3 Å². The SMILES string of the molecule is COCC1OC(=O)c2coc3c2[C@@]1(C)C1=C(C3=O)C2CCC(=O)[C@@]2(C)C[C@H]1COC=O. The van der Waals surface area contributed by atoms with Crippen LogP contribution in [-0.4, -0.2) is 50.4 Å². The maximum atomic E-state index is 13.7. The van der Waals surface area contributed by atoms with Crippen molar-refractivity contribution in [2.45, 2.75) is 44.6 Å². The molecule has 0 amide bonds. The van der Waals surface area contributed by atoms with E-state index in [9.17, 15) is 19.2 Å². The van der Waals surface area contributed by atoms with E-state index in [1.165, 1.54) is 13.4 Å². The fourth-order valence-electron chi connectivity index (χ4n) is 6.54. The summed E-state index contributed by atoms with van der Waals surface area (Å²) in [5.74, 6) is -1.22. The van der Waals surface area contributed by atoms with Crippen LogP contribution in [0.25, 0.3) is 0 Å². The third-order valence-corrected chi connectivity index (χ3v) is 7.90. The molecule has 0 N–H and O–H groups in total. The minimum atomic E-state index is -0.894. The first-order valence-electron chi connectivity index (χ1n) is 10.5. The summed E-state index contributed by atoms with van der Waals surface area (Å²) in [6, 6.07) is 0. The Morgan fingerprint density at radius 1 is 1.23 bits per heavy atom. The summed E-state index contributed by atoms with van der Waals surface area (Å²) < 4.78 is 21.9. The van der Waals surface area contributed by atoms with E-state index in [2.05, 4.69) is 0 Å². The lowest BCUT2D eigenvalue weighted by atomic mass is 9.52. The Hall–Kier alpha value is -2.74. The molecule has 0 spiro atoms. The number of Topliss-reactive ketones (excluding diaryl/α,β-unsaturated/α-hetero) is 2. The Balaban J connectivity index is 1.80. The van der Waals surface area contributed by atoms with Gasteiger partial charge in [0.05, 0.1) is 18.6 Å². The van der Waals surface area contributed by atoms with Gasteiger partial charge in [-0.15, -0.1) is 0 Å². The van der Waals surface area contributed by atoms with Crippen LogP contribution in [0.5, 0.6) is 0 Å². The number of allylic oxidation sites excluding steroid dienone is 1. The van der Waals surface area contributed by atoms with Crippen molar-refractivity contribution in [1.82, 2.24) is 0 Å². The number of cyclic esters (lactones) is 1. The van der Waals surface area contributed by atoms with Gasteiger partial charge in [-0.25, -0.2) is 4.79 Å². The number of rotatable bonds is 5. The molecule has 8 nitrogen and oxygen atoms in total. The quantitative estimate of drug-likeness (QED) is 0.520. The first kappa shape index (κ1) is 20.2. The summed E-state index contributed by atoms with van der Waals surface area (Å²) in [7, 11) is 1.52. The van der Waals surface area contributed by atoms with Crippen LogP contribution < -0.4 is 0 Å². The molecular formula is C23H24O8. The first-order valence-corrected chi connectivity index (χ1v) is 10.5. The topological polar surface area (TPSA) is 109 Å². The van der Waals surface area contributed by atoms with Crippen LogP contribution in [0.1, 0.15) is 59.6 Å². The normalized spacial score (nSPS) is 36.0. The zero-order valence-electron chi connectivity index (χ0n) is 17.7. The highest BCUT2D eigenvalue weighted by molar-refractivity contribution is 6.14. The van der Waals surface area contributed by atoms with Crippen LogP contribution in [0.3, 0.4) is 0 Å². The number of carbonyl (C=O) groups is 4. The van der Waals surface area contributed by atoms with Crippen LogP contribution in [0.15, 0.2) is 21.8 Å². The van der Waals surface area contributed by atoms with Gasteiger partial charge in [0.1, 0.15) is 23.7 Å². The number of furan rings is 1. The number of hydrogen-bond acceptors (Lipinski definition) is 8. The maximum Gasteiger partial charge on any atom is 0.342 e. The molecule has 0 bridgehead atoms. The molecule has 8 heteroatoms. The first-order chi connectivity index (χ1) is 14.8. The average molecular weight is 428 g/mol. The molecule has 1 fully saturated rings. The molecule has 0 aromatic carbocycles. The molecule has 164 valence electrons. The number of fused-ring (bicyclic) bond motifs is 3. The van der Waals surface area contributed by atoms with Crippen LogP contribution in [0.4, 0.5) is 0 Å². The second kappa shape index (κ2) is 6.63. The fourth-order valence-corrected chi connectivity index (χ4v) is 6.54. The zero-order valence-corrected chi connectivity index (χ0v) is 17.7. The van der Waals surface area contributed by atoms with Crippen LogP contribution in [0.2, 0.25) is 0 Å². The van der Waals surface area contributed by atoms with Crippen molar-refractivity contribution in [3.05, 3.63) is 34.3 Å². The number of methoxy groups -OCH3 is 1. The number of ether oxygens (including phenoxy) is 3. The zero-order chi connectivity index (χ0) is 22.1. The Kier molecular flexibility index (Phi) is 4.31. The molecule has 1 saturated carbocycles. The molecule has 5 rings (SSSR count). The van der Waals surface area contributed by atoms with Gasteiger partial charge in [0.15, 0.2) is 5.76 Å². The van der Waals surface area contributed by atoms with E-state index in [1.54, 1.807) is 0 Å². The van der Waals surface area contributed by atoms with Crippen molar-refractivity contribution in [3.8, 4) is 0 Å². The van der Waals surface area contributed by atoms with Crippen LogP contribution in [0, 0.1) is 17.3 Å². The third-order valence-electron chi connectivity index (χ3n) is 7.90. The van der Waals surface area contributed by atoms with Gasteiger partial charge < -0.3 is 18.6 Å². The number of ketones is 2. The molecule has 0 radical (unpaired) electrons. The Labute approximate surface area is 178 Å². The minimum Gasteiger partial charge on any atom is -0.467 e. The maximum absolute atomic E-state index is 13.7. The summed E-state index contributed by atoms with van der Waals surface area (Å²) in [4.78, 5) is 50.3. The Bertz CT molecular complexity index is 1050. The predicted molar refractivity (Wildman–Crippen MR) is 104 cm³/mol. The van der Waals surface area contributed by atoms with Crippen molar-refractivity contribution in [1.29, 1.82) is 0 Å². The lowest BCUT2D eigenvalue weighted by Gasteiger charge is -2.52. The molecule has 2 heterocycles. The lowest BCUT2D eigenvalue weighted by molar-refractivity contribution is -0.131. The summed E-state index contributed by atoms with van der Waals surface area (Å²) in [5, 5.41) is 0. The van der Waals surface area contributed by atoms with Gasteiger partial charge in [-0.2, -0.15) is 0 Å². The minimum absolute atomic E-state index is 0.0387. The van der Waals surface area contributed by atoms with Gasteiger partial charge in [0, 0.05) is 41.9 Å². The number of esters is 1. The molecule has 4 aliphatic rings. The van der Waals surface area contributed by atoms with Gasteiger partial charge in [0.25, 0.3) is 6.47 Å². The van der Waals surface area contributed by atoms with E-state index in [0.29, 0.717) is 36.9 Å². The van der Waals surface area contributed by atoms with Crippen molar-refractivity contribution >= 4 is 24.0 Å². The van der Waals surface area contributed by atoms with E-state index in [4.69, 9.17) is 18.6 Å². The second-order valence-corrected chi connectivity index (χ2v) is 9.32. The third kappa shape index (κ3) is 2.39. The predicted octanol–water partition coefficient (Wildman–Crippen LogP) is 2.39. The molecule has 3 aliphatic carbocycles. The highest BCUT2D eigenvalue weighted by atomic mass is 16.6. The van der Waals surface area contributed by atoms with Crippen molar-refractivity contribution in [3.63, 3.8) is 0 Å².